The standard InChI is InChI=1S/C21H30O2Si/c1-10-18-13-21(23-9)19(14-20(18)22-8)11-12-24(15(2)3,16(4)5)17(6)7/h1,13-17H,2-9H3. The number of methoxy groups -OCH3 is 2. The van der Waals surface area contributed by atoms with Crippen LogP contribution in [-0.2, 0) is 0 Å². The zero-order valence-corrected chi connectivity index (χ0v) is 17.3. The van der Waals surface area contributed by atoms with Crippen molar-refractivity contribution in [2.24, 2.45) is 0 Å². The molecule has 0 aliphatic heterocycles. The Balaban J connectivity index is 3.54. The summed E-state index contributed by atoms with van der Waals surface area (Å²) in [7, 11) is 1.47. The van der Waals surface area contributed by atoms with E-state index in [0.29, 0.717) is 33.7 Å². The summed E-state index contributed by atoms with van der Waals surface area (Å²) in [5.74, 6) is 7.41. The van der Waals surface area contributed by atoms with Gasteiger partial charge in [0.25, 0.3) is 0 Å². The van der Waals surface area contributed by atoms with Crippen molar-refractivity contribution in [3.63, 3.8) is 0 Å². The summed E-state index contributed by atoms with van der Waals surface area (Å²) >= 11 is 0. The van der Waals surface area contributed by atoms with Gasteiger partial charge in [0, 0.05) is 12.1 Å². The van der Waals surface area contributed by atoms with Crippen LogP contribution in [0, 0.1) is 23.8 Å². The van der Waals surface area contributed by atoms with Crippen LogP contribution in [0.4, 0.5) is 0 Å². The summed E-state index contributed by atoms with van der Waals surface area (Å²) < 4.78 is 10.9. The lowest BCUT2D eigenvalue weighted by molar-refractivity contribution is 0.401. The normalized spacial score (nSPS) is 11.2. The van der Waals surface area contributed by atoms with Gasteiger partial charge in [0.05, 0.1) is 25.3 Å². The van der Waals surface area contributed by atoms with Gasteiger partial charge in [-0.25, -0.2) is 0 Å². The van der Waals surface area contributed by atoms with Crippen LogP contribution in [0.2, 0.25) is 16.6 Å². The van der Waals surface area contributed by atoms with Gasteiger partial charge in [0.1, 0.15) is 19.6 Å². The first-order valence-electron chi connectivity index (χ1n) is 8.50. The number of terminal acetylenes is 1. The fraction of sp³-hybridized carbons (Fsp3) is 0.524. The van der Waals surface area contributed by atoms with Crippen molar-refractivity contribution in [2.45, 2.75) is 58.2 Å². The van der Waals surface area contributed by atoms with Crippen LogP contribution in [0.1, 0.15) is 52.7 Å². The SMILES string of the molecule is C#Cc1cc(OC)c(C#C[Si](C(C)C)(C(C)C)C(C)C)cc1OC. The molecule has 0 radical (unpaired) electrons. The molecule has 0 bridgehead atoms. The Hall–Kier alpha value is -1.84. The Morgan fingerprint density at radius 1 is 0.833 bits per heavy atom. The molecule has 0 aromatic heterocycles. The highest BCUT2D eigenvalue weighted by atomic mass is 28.3. The largest absolute Gasteiger partial charge is 0.495 e. The molecule has 3 heteroatoms. The molecular weight excluding hydrogens is 312 g/mol. The topological polar surface area (TPSA) is 18.5 Å². The second-order valence-corrected chi connectivity index (χ2v) is 12.6. The molecule has 0 unspecified atom stereocenters. The zero-order valence-electron chi connectivity index (χ0n) is 16.3. The van der Waals surface area contributed by atoms with E-state index in [1.54, 1.807) is 14.2 Å². The van der Waals surface area contributed by atoms with E-state index in [-0.39, 0.29) is 0 Å². The summed E-state index contributed by atoms with van der Waals surface area (Å²) in [6, 6.07) is 3.72. The van der Waals surface area contributed by atoms with E-state index in [4.69, 9.17) is 15.9 Å². The number of ether oxygens (including phenoxy) is 2. The summed E-state index contributed by atoms with van der Waals surface area (Å²) in [5, 5.41) is 0. The molecule has 0 aliphatic carbocycles. The highest BCUT2D eigenvalue weighted by Gasteiger charge is 2.41. The first kappa shape index (κ1) is 20.2. The van der Waals surface area contributed by atoms with Crippen LogP contribution in [0.15, 0.2) is 12.1 Å². The van der Waals surface area contributed by atoms with Crippen LogP contribution in [0.5, 0.6) is 11.5 Å². The van der Waals surface area contributed by atoms with Crippen molar-refractivity contribution < 1.29 is 9.47 Å². The Kier molecular flexibility index (Phi) is 7.00. The molecule has 2 nitrogen and oxygen atoms in total. The van der Waals surface area contributed by atoms with E-state index in [1.165, 1.54) is 0 Å². The van der Waals surface area contributed by atoms with Crippen LogP contribution in [0.3, 0.4) is 0 Å². The molecule has 0 aliphatic rings. The number of hydrogen-bond donors (Lipinski definition) is 0. The number of rotatable bonds is 5. The van der Waals surface area contributed by atoms with Gasteiger partial charge in [-0.05, 0) is 16.6 Å². The summed E-state index contributed by atoms with van der Waals surface area (Å²) in [6.07, 6.45) is 5.55. The lowest BCUT2D eigenvalue weighted by atomic mass is 10.1. The molecule has 0 saturated carbocycles. The monoisotopic (exact) mass is 342 g/mol. The maximum atomic E-state index is 5.55. The number of hydrogen-bond acceptors (Lipinski definition) is 2. The fourth-order valence-corrected chi connectivity index (χ4v) is 8.93. The van der Waals surface area contributed by atoms with Crippen molar-refractivity contribution in [1.82, 2.24) is 0 Å². The van der Waals surface area contributed by atoms with Gasteiger partial charge in [-0.3, -0.25) is 0 Å². The van der Waals surface area contributed by atoms with Gasteiger partial charge < -0.3 is 9.47 Å². The fourth-order valence-electron chi connectivity index (χ4n) is 3.72. The highest BCUT2D eigenvalue weighted by Crippen LogP contribution is 2.41. The molecule has 130 valence electrons. The Morgan fingerprint density at radius 3 is 1.62 bits per heavy atom. The third-order valence-corrected chi connectivity index (χ3v) is 11.2. The second kappa shape index (κ2) is 8.31. The van der Waals surface area contributed by atoms with E-state index >= 15 is 0 Å². The minimum absolute atomic E-state index is 0.586. The van der Waals surface area contributed by atoms with E-state index in [2.05, 4.69) is 58.9 Å². The van der Waals surface area contributed by atoms with Gasteiger partial charge in [0.2, 0.25) is 0 Å². The molecule has 0 spiro atoms. The van der Waals surface area contributed by atoms with E-state index < -0.39 is 8.07 Å². The lowest BCUT2D eigenvalue weighted by Crippen LogP contribution is -2.43. The molecule has 0 atom stereocenters. The minimum Gasteiger partial charge on any atom is -0.495 e. The Labute approximate surface area is 149 Å². The third-order valence-electron chi connectivity index (χ3n) is 4.96. The van der Waals surface area contributed by atoms with Gasteiger partial charge in [-0.15, -0.1) is 12.0 Å². The van der Waals surface area contributed by atoms with Gasteiger partial charge >= 0.3 is 0 Å². The summed E-state index contributed by atoms with van der Waals surface area (Å²) in [5.41, 5.74) is 6.99. The molecule has 1 aromatic rings. The maximum Gasteiger partial charge on any atom is 0.146 e. The molecule has 0 amide bonds. The van der Waals surface area contributed by atoms with Crippen molar-refractivity contribution in [2.75, 3.05) is 14.2 Å². The third kappa shape index (κ3) is 3.79. The molecule has 0 N–H and O–H groups in total. The zero-order chi connectivity index (χ0) is 18.5. The Morgan fingerprint density at radius 2 is 1.25 bits per heavy atom. The molecule has 24 heavy (non-hydrogen) atoms. The lowest BCUT2D eigenvalue weighted by Gasteiger charge is -2.38. The summed E-state index contributed by atoms with van der Waals surface area (Å²) in [4.78, 5) is 0. The molecule has 1 rings (SSSR count). The van der Waals surface area contributed by atoms with Crippen molar-refractivity contribution >= 4 is 8.07 Å². The first-order chi connectivity index (χ1) is 11.2. The summed E-state index contributed by atoms with van der Waals surface area (Å²) in [6.45, 7) is 13.8. The molecule has 0 heterocycles. The molecular formula is C21H30O2Si. The van der Waals surface area contributed by atoms with E-state index in [1.807, 2.05) is 12.1 Å². The Bertz CT molecular complexity index is 648. The maximum absolute atomic E-state index is 5.55. The predicted octanol–water partition coefficient (Wildman–Crippen LogP) is 5.25. The average molecular weight is 343 g/mol. The molecule has 1 aromatic carbocycles. The second-order valence-electron chi connectivity index (χ2n) is 7.04. The quantitative estimate of drug-likeness (QED) is 0.537. The number of benzene rings is 1. The molecule has 0 saturated heterocycles. The minimum atomic E-state index is -1.79. The smallest absolute Gasteiger partial charge is 0.146 e. The van der Waals surface area contributed by atoms with E-state index in [0.717, 1.165) is 5.56 Å². The first-order valence-corrected chi connectivity index (χ1v) is 10.7. The van der Waals surface area contributed by atoms with Crippen LogP contribution >= 0.6 is 0 Å². The average Bonchev–Trinajstić information content (AvgIpc) is 2.53. The van der Waals surface area contributed by atoms with Crippen LogP contribution in [-0.4, -0.2) is 22.3 Å². The highest BCUT2D eigenvalue weighted by molar-refractivity contribution is 6.90. The van der Waals surface area contributed by atoms with Crippen molar-refractivity contribution in [3.8, 4) is 35.3 Å². The van der Waals surface area contributed by atoms with Gasteiger partial charge in [-0.1, -0.05) is 53.4 Å². The van der Waals surface area contributed by atoms with E-state index in [9.17, 15) is 0 Å². The van der Waals surface area contributed by atoms with Crippen molar-refractivity contribution in [1.29, 1.82) is 0 Å². The predicted molar refractivity (Wildman–Crippen MR) is 105 cm³/mol. The van der Waals surface area contributed by atoms with Crippen molar-refractivity contribution in [3.05, 3.63) is 23.3 Å². The van der Waals surface area contributed by atoms with Crippen LogP contribution < -0.4 is 9.47 Å². The van der Waals surface area contributed by atoms with Gasteiger partial charge in [0.15, 0.2) is 0 Å². The molecule has 0 fully saturated rings. The van der Waals surface area contributed by atoms with Crippen LogP contribution in [0.25, 0.3) is 0 Å². The van der Waals surface area contributed by atoms with Gasteiger partial charge in [-0.2, -0.15) is 0 Å².